The SMILES string of the molecule is CCCCCCCCCCCCCCCCCC(=O)N1CCN(C(=O)CCC(=O)O)CC1. The van der Waals surface area contributed by atoms with E-state index in [1.165, 1.54) is 83.5 Å². The molecule has 0 bridgehead atoms. The van der Waals surface area contributed by atoms with Crippen LogP contribution in [0.25, 0.3) is 0 Å². The Kier molecular flexibility index (Phi) is 16.8. The van der Waals surface area contributed by atoms with Crippen LogP contribution >= 0.6 is 0 Å². The van der Waals surface area contributed by atoms with Gasteiger partial charge in [-0.15, -0.1) is 0 Å². The van der Waals surface area contributed by atoms with Gasteiger partial charge in [0.15, 0.2) is 0 Å². The Morgan fingerprint density at radius 1 is 0.531 bits per heavy atom. The lowest BCUT2D eigenvalue weighted by Gasteiger charge is -2.35. The van der Waals surface area contributed by atoms with E-state index in [1.54, 1.807) is 4.90 Å². The van der Waals surface area contributed by atoms with Crippen molar-refractivity contribution in [3.05, 3.63) is 0 Å². The zero-order valence-electron chi connectivity index (χ0n) is 20.6. The second kappa shape index (κ2) is 18.9. The molecule has 6 heteroatoms. The molecule has 1 N–H and O–H groups in total. The average Bonchev–Trinajstić information content (AvgIpc) is 2.80. The van der Waals surface area contributed by atoms with E-state index in [1.807, 2.05) is 4.90 Å². The number of aliphatic carboxylic acids is 1. The maximum Gasteiger partial charge on any atom is 0.303 e. The first-order valence-electron chi connectivity index (χ1n) is 13.3. The molecule has 1 aliphatic rings. The summed E-state index contributed by atoms with van der Waals surface area (Å²) in [5.74, 6) is -0.880. The highest BCUT2D eigenvalue weighted by molar-refractivity contribution is 5.81. The van der Waals surface area contributed by atoms with Gasteiger partial charge in [-0.05, 0) is 6.42 Å². The number of carbonyl (C=O) groups is 3. The molecule has 2 amide bonds. The molecular formula is C26H48N2O4. The molecular weight excluding hydrogens is 404 g/mol. The summed E-state index contributed by atoms with van der Waals surface area (Å²) in [4.78, 5) is 38.5. The number of hydrogen-bond donors (Lipinski definition) is 1. The van der Waals surface area contributed by atoms with E-state index in [0.29, 0.717) is 32.6 Å². The minimum atomic E-state index is -0.948. The number of carboxylic acid groups (broad SMARTS) is 1. The van der Waals surface area contributed by atoms with Crippen LogP contribution < -0.4 is 0 Å². The molecule has 0 aromatic heterocycles. The number of rotatable bonds is 19. The summed E-state index contributed by atoms with van der Waals surface area (Å²) < 4.78 is 0. The molecule has 32 heavy (non-hydrogen) atoms. The third-order valence-electron chi connectivity index (χ3n) is 6.53. The minimum absolute atomic E-state index is 0.0441. The number of hydrogen-bond acceptors (Lipinski definition) is 3. The Morgan fingerprint density at radius 2 is 0.875 bits per heavy atom. The van der Waals surface area contributed by atoms with Gasteiger partial charge in [0.2, 0.25) is 11.8 Å². The van der Waals surface area contributed by atoms with Gasteiger partial charge >= 0.3 is 5.97 Å². The standard InChI is InChI=1S/C26H48N2O4/c1-2-3-4-5-6-7-8-9-10-11-12-13-14-15-16-17-24(29)27-20-22-28(23-21-27)25(30)18-19-26(31)32/h2-23H2,1H3,(H,31,32). The summed E-state index contributed by atoms with van der Waals surface area (Å²) in [6, 6.07) is 0. The second-order valence-corrected chi connectivity index (χ2v) is 9.36. The fourth-order valence-corrected chi connectivity index (χ4v) is 4.38. The molecule has 6 nitrogen and oxygen atoms in total. The van der Waals surface area contributed by atoms with Crippen LogP contribution in [0.3, 0.4) is 0 Å². The molecule has 0 radical (unpaired) electrons. The van der Waals surface area contributed by atoms with Crippen LogP contribution in [0.2, 0.25) is 0 Å². The Hall–Kier alpha value is -1.59. The van der Waals surface area contributed by atoms with Gasteiger partial charge in [-0.1, -0.05) is 96.8 Å². The van der Waals surface area contributed by atoms with E-state index in [-0.39, 0.29) is 24.7 Å². The van der Waals surface area contributed by atoms with Gasteiger partial charge in [0.25, 0.3) is 0 Å². The van der Waals surface area contributed by atoms with Crippen LogP contribution in [-0.2, 0) is 14.4 Å². The molecule has 1 heterocycles. The number of carbonyl (C=O) groups excluding carboxylic acids is 2. The largest absolute Gasteiger partial charge is 0.481 e. The first-order chi connectivity index (χ1) is 15.5. The molecule has 1 fully saturated rings. The summed E-state index contributed by atoms with van der Waals surface area (Å²) in [7, 11) is 0. The van der Waals surface area contributed by atoms with Crippen molar-refractivity contribution < 1.29 is 19.5 Å². The Balaban J connectivity index is 1.90. The maximum absolute atomic E-state index is 12.4. The normalized spacial score (nSPS) is 14.0. The number of unbranched alkanes of at least 4 members (excludes halogenated alkanes) is 14. The minimum Gasteiger partial charge on any atom is -0.481 e. The van der Waals surface area contributed by atoms with Crippen molar-refractivity contribution in [3.8, 4) is 0 Å². The summed E-state index contributed by atoms with van der Waals surface area (Å²) in [6.45, 7) is 4.43. The van der Waals surface area contributed by atoms with Crippen LogP contribution in [-0.4, -0.2) is 58.9 Å². The van der Waals surface area contributed by atoms with Crippen LogP contribution in [0.5, 0.6) is 0 Å². The molecule has 1 rings (SSSR count). The predicted molar refractivity (Wildman–Crippen MR) is 130 cm³/mol. The molecule has 0 aromatic rings. The third kappa shape index (κ3) is 14.5. The van der Waals surface area contributed by atoms with Crippen molar-refractivity contribution in [3.63, 3.8) is 0 Å². The number of piperazine rings is 1. The summed E-state index contributed by atoms with van der Waals surface area (Å²) in [6.07, 6.45) is 20.3. The van der Waals surface area contributed by atoms with Gasteiger partial charge < -0.3 is 14.9 Å². The van der Waals surface area contributed by atoms with Crippen molar-refractivity contribution in [1.82, 2.24) is 9.80 Å². The van der Waals surface area contributed by atoms with E-state index in [4.69, 9.17) is 5.11 Å². The smallest absolute Gasteiger partial charge is 0.303 e. The number of amides is 2. The van der Waals surface area contributed by atoms with Gasteiger partial charge in [-0.2, -0.15) is 0 Å². The molecule has 1 aliphatic heterocycles. The van der Waals surface area contributed by atoms with Crippen LogP contribution in [0.15, 0.2) is 0 Å². The topological polar surface area (TPSA) is 77.9 Å². The lowest BCUT2D eigenvalue weighted by Crippen LogP contribution is -2.50. The van der Waals surface area contributed by atoms with E-state index in [0.717, 1.165) is 12.8 Å². The molecule has 0 aliphatic carbocycles. The number of carboxylic acids is 1. The average molecular weight is 453 g/mol. The van der Waals surface area contributed by atoms with Crippen LogP contribution in [0.1, 0.15) is 122 Å². The zero-order chi connectivity index (χ0) is 23.4. The molecule has 1 saturated heterocycles. The lowest BCUT2D eigenvalue weighted by atomic mass is 10.0. The molecule has 0 aromatic carbocycles. The molecule has 0 unspecified atom stereocenters. The quantitative estimate of drug-likeness (QED) is 0.252. The molecule has 0 spiro atoms. The van der Waals surface area contributed by atoms with Crippen molar-refractivity contribution in [2.45, 2.75) is 122 Å². The van der Waals surface area contributed by atoms with E-state index < -0.39 is 5.97 Å². The van der Waals surface area contributed by atoms with E-state index in [9.17, 15) is 14.4 Å². The van der Waals surface area contributed by atoms with Gasteiger partial charge in [0.1, 0.15) is 0 Å². The summed E-state index contributed by atoms with van der Waals surface area (Å²) in [5.41, 5.74) is 0. The fraction of sp³-hybridized carbons (Fsp3) is 0.885. The lowest BCUT2D eigenvalue weighted by molar-refractivity contribution is -0.142. The fourth-order valence-electron chi connectivity index (χ4n) is 4.38. The highest BCUT2D eigenvalue weighted by atomic mass is 16.4. The van der Waals surface area contributed by atoms with Gasteiger partial charge in [-0.3, -0.25) is 14.4 Å². The van der Waals surface area contributed by atoms with E-state index >= 15 is 0 Å². The summed E-state index contributed by atoms with van der Waals surface area (Å²) >= 11 is 0. The number of nitrogens with zero attached hydrogens (tertiary/aromatic N) is 2. The van der Waals surface area contributed by atoms with Crippen LogP contribution in [0, 0.1) is 0 Å². The Morgan fingerprint density at radius 3 is 1.25 bits per heavy atom. The van der Waals surface area contributed by atoms with Gasteiger partial charge in [-0.25, -0.2) is 0 Å². The second-order valence-electron chi connectivity index (χ2n) is 9.36. The summed E-state index contributed by atoms with van der Waals surface area (Å²) in [5, 5.41) is 8.68. The highest BCUT2D eigenvalue weighted by Gasteiger charge is 2.23. The highest BCUT2D eigenvalue weighted by Crippen LogP contribution is 2.14. The first kappa shape index (κ1) is 28.4. The van der Waals surface area contributed by atoms with Crippen molar-refractivity contribution in [2.75, 3.05) is 26.2 Å². The van der Waals surface area contributed by atoms with Crippen molar-refractivity contribution >= 4 is 17.8 Å². The Bertz CT molecular complexity index is 516. The van der Waals surface area contributed by atoms with Gasteiger partial charge in [0.05, 0.1) is 6.42 Å². The predicted octanol–water partition coefficient (Wildman–Crippen LogP) is 5.78. The monoisotopic (exact) mass is 452 g/mol. The molecule has 186 valence electrons. The third-order valence-corrected chi connectivity index (χ3v) is 6.53. The first-order valence-corrected chi connectivity index (χ1v) is 13.3. The van der Waals surface area contributed by atoms with Crippen molar-refractivity contribution in [1.29, 1.82) is 0 Å². The van der Waals surface area contributed by atoms with E-state index in [2.05, 4.69) is 6.92 Å². The Labute approximate surface area is 196 Å². The molecule has 0 atom stereocenters. The van der Waals surface area contributed by atoms with Gasteiger partial charge in [0, 0.05) is 39.0 Å². The zero-order valence-corrected chi connectivity index (χ0v) is 20.6. The molecule has 0 saturated carbocycles. The maximum atomic E-state index is 12.4. The van der Waals surface area contributed by atoms with Crippen molar-refractivity contribution in [2.24, 2.45) is 0 Å². The van der Waals surface area contributed by atoms with Crippen LogP contribution in [0.4, 0.5) is 0 Å².